The van der Waals surface area contributed by atoms with Gasteiger partial charge in [0.25, 0.3) is 11.8 Å². The highest BCUT2D eigenvalue weighted by Gasteiger charge is 2.23. The standard InChI is InChI=1S/C23H29N3O2/c1-3-4-13-24(2)22(27)19-9-8-10-20(18-19)23(28)26-16-14-25(15-17-26)21-11-6-5-7-12-21/h5-12,18H,3-4,13-17H2,1-2H3. The molecule has 5 nitrogen and oxygen atoms in total. The summed E-state index contributed by atoms with van der Waals surface area (Å²) in [4.78, 5) is 31.4. The minimum atomic E-state index is -0.0306. The third kappa shape index (κ3) is 4.71. The fraction of sp³-hybridized carbons (Fsp3) is 0.391. The summed E-state index contributed by atoms with van der Waals surface area (Å²) < 4.78 is 0. The quantitative estimate of drug-likeness (QED) is 0.771. The van der Waals surface area contributed by atoms with Crippen LogP contribution in [0.3, 0.4) is 0 Å². The van der Waals surface area contributed by atoms with Gasteiger partial charge in [-0.3, -0.25) is 9.59 Å². The maximum absolute atomic E-state index is 12.9. The maximum atomic E-state index is 12.9. The average Bonchev–Trinajstić information content (AvgIpc) is 2.77. The summed E-state index contributed by atoms with van der Waals surface area (Å²) in [6, 6.07) is 17.4. The molecular weight excluding hydrogens is 350 g/mol. The summed E-state index contributed by atoms with van der Waals surface area (Å²) in [6.07, 6.45) is 2.03. The lowest BCUT2D eigenvalue weighted by molar-refractivity contribution is 0.0746. The average molecular weight is 380 g/mol. The third-order valence-corrected chi connectivity index (χ3v) is 5.24. The smallest absolute Gasteiger partial charge is 0.253 e. The van der Waals surface area contributed by atoms with E-state index in [1.54, 1.807) is 29.2 Å². The molecule has 5 heteroatoms. The van der Waals surface area contributed by atoms with Crippen LogP contribution in [0.5, 0.6) is 0 Å². The number of piperazine rings is 1. The van der Waals surface area contributed by atoms with E-state index in [-0.39, 0.29) is 11.8 Å². The van der Waals surface area contributed by atoms with Gasteiger partial charge in [0, 0.05) is 56.6 Å². The van der Waals surface area contributed by atoms with Crippen LogP contribution < -0.4 is 4.90 Å². The van der Waals surface area contributed by atoms with Crippen molar-refractivity contribution < 1.29 is 9.59 Å². The molecule has 3 rings (SSSR count). The fourth-order valence-electron chi connectivity index (χ4n) is 3.49. The molecule has 0 aromatic heterocycles. The molecule has 2 aromatic rings. The Kier molecular flexibility index (Phi) is 6.69. The second-order valence-electron chi connectivity index (χ2n) is 7.28. The lowest BCUT2D eigenvalue weighted by Crippen LogP contribution is -2.48. The number of carbonyl (C=O) groups is 2. The summed E-state index contributed by atoms with van der Waals surface area (Å²) in [7, 11) is 1.81. The van der Waals surface area contributed by atoms with Crippen LogP contribution in [0.4, 0.5) is 5.69 Å². The van der Waals surface area contributed by atoms with Gasteiger partial charge >= 0.3 is 0 Å². The Labute approximate surface area is 167 Å². The number of carbonyl (C=O) groups excluding carboxylic acids is 2. The number of rotatable bonds is 6. The molecule has 0 atom stereocenters. The van der Waals surface area contributed by atoms with Gasteiger partial charge < -0.3 is 14.7 Å². The Hall–Kier alpha value is -2.82. The van der Waals surface area contributed by atoms with E-state index in [2.05, 4.69) is 24.0 Å². The molecule has 1 aliphatic rings. The van der Waals surface area contributed by atoms with Crippen LogP contribution in [0, 0.1) is 0 Å². The summed E-state index contributed by atoms with van der Waals surface area (Å²) in [5.41, 5.74) is 2.35. The first kappa shape index (κ1) is 19.9. The second-order valence-corrected chi connectivity index (χ2v) is 7.28. The highest BCUT2D eigenvalue weighted by atomic mass is 16.2. The van der Waals surface area contributed by atoms with E-state index in [1.165, 1.54) is 5.69 Å². The van der Waals surface area contributed by atoms with Gasteiger partial charge in [-0.25, -0.2) is 0 Å². The zero-order valence-corrected chi connectivity index (χ0v) is 16.8. The number of amides is 2. The molecule has 2 amide bonds. The van der Waals surface area contributed by atoms with Gasteiger partial charge in [-0.1, -0.05) is 37.6 Å². The molecule has 0 unspecified atom stereocenters. The van der Waals surface area contributed by atoms with Crippen molar-refractivity contribution in [1.82, 2.24) is 9.80 Å². The molecule has 0 N–H and O–H groups in total. The molecule has 1 saturated heterocycles. The highest BCUT2D eigenvalue weighted by molar-refractivity contribution is 5.99. The van der Waals surface area contributed by atoms with Crippen molar-refractivity contribution in [2.24, 2.45) is 0 Å². The largest absolute Gasteiger partial charge is 0.368 e. The topological polar surface area (TPSA) is 43.9 Å². The van der Waals surface area contributed by atoms with Crippen molar-refractivity contribution in [3.05, 3.63) is 65.7 Å². The molecule has 148 valence electrons. The van der Waals surface area contributed by atoms with E-state index >= 15 is 0 Å². The van der Waals surface area contributed by atoms with Crippen molar-refractivity contribution in [2.45, 2.75) is 19.8 Å². The third-order valence-electron chi connectivity index (χ3n) is 5.24. The van der Waals surface area contributed by atoms with Crippen LogP contribution in [0.2, 0.25) is 0 Å². The molecule has 28 heavy (non-hydrogen) atoms. The van der Waals surface area contributed by atoms with E-state index in [9.17, 15) is 9.59 Å². The molecule has 1 heterocycles. The summed E-state index contributed by atoms with van der Waals surface area (Å²) in [5.74, 6) is -0.0319. The predicted octanol–water partition coefficient (Wildman–Crippen LogP) is 3.52. The van der Waals surface area contributed by atoms with E-state index in [0.717, 1.165) is 32.5 Å². The Morgan fingerprint density at radius 2 is 1.61 bits per heavy atom. The summed E-state index contributed by atoms with van der Waals surface area (Å²) in [5, 5.41) is 0. The first-order chi connectivity index (χ1) is 13.6. The first-order valence-corrected chi connectivity index (χ1v) is 10.0. The second kappa shape index (κ2) is 9.40. The van der Waals surface area contributed by atoms with E-state index in [4.69, 9.17) is 0 Å². The fourth-order valence-corrected chi connectivity index (χ4v) is 3.49. The van der Waals surface area contributed by atoms with Crippen molar-refractivity contribution >= 4 is 17.5 Å². The van der Waals surface area contributed by atoms with Crippen LogP contribution in [-0.2, 0) is 0 Å². The minimum absolute atomic E-state index is 0.00132. The lowest BCUT2D eigenvalue weighted by Gasteiger charge is -2.36. The molecule has 2 aromatic carbocycles. The van der Waals surface area contributed by atoms with Crippen LogP contribution in [0.25, 0.3) is 0 Å². The number of hydrogen-bond acceptors (Lipinski definition) is 3. The van der Waals surface area contributed by atoms with Gasteiger partial charge in [-0.05, 0) is 36.8 Å². The van der Waals surface area contributed by atoms with Gasteiger partial charge in [0.1, 0.15) is 0 Å². The molecule has 0 saturated carbocycles. The molecule has 0 bridgehead atoms. The number of para-hydroxylation sites is 1. The van der Waals surface area contributed by atoms with E-state index < -0.39 is 0 Å². The van der Waals surface area contributed by atoms with Crippen molar-refractivity contribution in [2.75, 3.05) is 44.7 Å². The molecule has 0 radical (unpaired) electrons. The lowest BCUT2D eigenvalue weighted by atomic mass is 10.1. The number of unbranched alkanes of at least 4 members (excludes halogenated alkanes) is 1. The Balaban J connectivity index is 1.63. The molecular formula is C23H29N3O2. The normalized spacial score (nSPS) is 14.1. The van der Waals surface area contributed by atoms with E-state index in [1.807, 2.05) is 30.1 Å². The van der Waals surface area contributed by atoms with Crippen LogP contribution in [-0.4, -0.2) is 61.4 Å². The van der Waals surface area contributed by atoms with Crippen LogP contribution in [0.15, 0.2) is 54.6 Å². The van der Waals surface area contributed by atoms with Crippen molar-refractivity contribution in [3.63, 3.8) is 0 Å². The number of hydrogen-bond donors (Lipinski definition) is 0. The van der Waals surface area contributed by atoms with Gasteiger partial charge in [0.15, 0.2) is 0 Å². The monoisotopic (exact) mass is 379 g/mol. The predicted molar refractivity (Wildman–Crippen MR) is 113 cm³/mol. The summed E-state index contributed by atoms with van der Waals surface area (Å²) >= 11 is 0. The first-order valence-electron chi connectivity index (χ1n) is 10.0. The molecule has 1 fully saturated rings. The van der Waals surface area contributed by atoms with Gasteiger partial charge in [0.2, 0.25) is 0 Å². The van der Waals surface area contributed by atoms with Crippen molar-refractivity contribution in [3.8, 4) is 0 Å². The summed E-state index contributed by atoms with van der Waals surface area (Å²) in [6.45, 7) is 5.83. The Bertz CT molecular complexity index is 799. The zero-order valence-electron chi connectivity index (χ0n) is 16.8. The van der Waals surface area contributed by atoms with Gasteiger partial charge in [0.05, 0.1) is 0 Å². The zero-order chi connectivity index (χ0) is 19.9. The van der Waals surface area contributed by atoms with Crippen LogP contribution in [0.1, 0.15) is 40.5 Å². The van der Waals surface area contributed by atoms with Crippen molar-refractivity contribution in [1.29, 1.82) is 0 Å². The Morgan fingerprint density at radius 1 is 0.929 bits per heavy atom. The highest BCUT2D eigenvalue weighted by Crippen LogP contribution is 2.17. The minimum Gasteiger partial charge on any atom is -0.368 e. The maximum Gasteiger partial charge on any atom is 0.253 e. The number of benzene rings is 2. The Morgan fingerprint density at radius 3 is 2.29 bits per heavy atom. The number of anilines is 1. The van der Waals surface area contributed by atoms with Crippen LogP contribution >= 0.6 is 0 Å². The molecule has 0 aliphatic carbocycles. The van der Waals surface area contributed by atoms with Gasteiger partial charge in [-0.2, -0.15) is 0 Å². The van der Waals surface area contributed by atoms with E-state index in [0.29, 0.717) is 24.2 Å². The molecule has 0 spiro atoms. The number of nitrogens with zero attached hydrogens (tertiary/aromatic N) is 3. The SMILES string of the molecule is CCCCN(C)C(=O)c1cccc(C(=O)N2CCN(c3ccccc3)CC2)c1. The molecule has 1 aliphatic heterocycles. The van der Waals surface area contributed by atoms with Gasteiger partial charge in [-0.15, -0.1) is 0 Å².